The lowest BCUT2D eigenvalue weighted by molar-refractivity contribution is -0.384. The summed E-state index contributed by atoms with van der Waals surface area (Å²) in [6.45, 7) is 0. The number of nitro benzene ring substituents is 1. The van der Waals surface area contributed by atoms with Gasteiger partial charge in [-0.25, -0.2) is 4.98 Å². The molecule has 0 bridgehead atoms. The average molecular weight is 500 g/mol. The minimum atomic E-state index is -0.456. The molecule has 2 aromatic heterocycles. The van der Waals surface area contributed by atoms with Crippen molar-refractivity contribution in [1.82, 2.24) is 10.3 Å². The van der Waals surface area contributed by atoms with Crippen LogP contribution in [0.3, 0.4) is 0 Å². The van der Waals surface area contributed by atoms with Crippen LogP contribution in [0.5, 0.6) is 0 Å². The molecule has 37 heavy (non-hydrogen) atoms. The monoisotopic (exact) mass is 499 g/mol. The predicted molar refractivity (Wildman–Crippen MR) is 144 cm³/mol. The summed E-state index contributed by atoms with van der Waals surface area (Å²) in [6.07, 6.45) is 3.51. The maximum Gasteiger partial charge on any atom is 0.287 e. The predicted octanol–water partition coefficient (Wildman–Crippen LogP) is 5.62. The van der Waals surface area contributed by atoms with Crippen molar-refractivity contribution < 1.29 is 14.1 Å². The number of fused-ring (bicyclic) bond motifs is 1. The summed E-state index contributed by atoms with van der Waals surface area (Å²) in [4.78, 5) is 30.3. The fourth-order valence-corrected chi connectivity index (χ4v) is 4.84. The van der Waals surface area contributed by atoms with Crippen molar-refractivity contribution in [2.45, 2.75) is 37.8 Å². The molecule has 1 aliphatic rings. The summed E-state index contributed by atoms with van der Waals surface area (Å²) in [5.41, 5.74) is 2.61. The average Bonchev–Trinajstić information content (AvgIpc) is 3.40. The largest absolute Gasteiger partial charge is 0.451 e. The third-order valence-electron chi connectivity index (χ3n) is 6.76. The van der Waals surface area contributed by atoms with E-state index in [2.05, 4.69) is 27.7 Å². The summed E-state index contributed by atoms with van der Waals surface area (Å²) >= 11 is 0. The molecule has 1 amide bonds. The Labute approximate surface area is 214 Å². The number of furan rings is 1. The van der Waals surface area contributed by atoms with Crippen LogP contribution in [0.2, 0.25) is 0 Å². The highest BCUT2D eigenvalue weighted by Crippen LogP contribution is 2.30. The van der Waals surface area contributed by atoms with Crippen molar-refractivity contribution in [3.05, 3.63) is 82.6 Å². The van der Waals surface area contributed by atoms with E-state index >= 15 is 0 Å². The van der Waals surface area contributed by atoms with Crippen molar-refractivity contribution in [1.29, 1.82) is 0 Å². The lowest BCUT2D eigenvalue weighted by Crippen LogP contribution is -2.40. The molecule has 1 fully saturated rings. The number of hydrogen-bond acceptors (Lipinski definition) is 7. The third kappa shape index (κ3) is 5.40. The number of anilines is 2. The Kier molecular flexibility index (Phi) is 6.76. The van der Waals surface area contributed by atoms with Gasteiger partial charge < -0.3 is 20.0 Å². The summed E-state index contributed by atoms with van der Waals surface area (Å²) < 4.78 is 5.71. The molecule has 5 rings (SSSR count). The number of hydrogen-bond donors (Lipinski definition) is 2. The number of aromatic nitrogens is 1. The van der Waals surface area contributed by atoms with E-state index in [-0.39, 0.29) is 29.4 Å². The minimum absolute atomic E-state index is 0.0258. The van der Waals surface area contributed by atoms with Gasteiger partial charge in [0.05, 0.1) is 10.4 Å². The van der Waals surface area contributed by atoms with Gasteiger partial charge in [0.15, 0.2) is 5.76 Å². The van der Waals surface area contributed by atoms with Crippen LogP contribution in [-0.4, -0.2) is 42.0 Å². The third-order valence-corrected chi connectivity index (χ3v) is 6.76. The number of amides is 1. The van der Waals surface area contributed by atoms with E-state index < -0.39 is 4.92 Å². The van der Waals surface area contributed by atoms with Gasteiger partial charge in [0.2, 0.25) is 0 Å². The van der Waals surface area contributed by atoms with E-state index in [9.17, 15) is 14.9 Å². The van der Waals surface area contributed by atoms with E-state index in [0.717, 1.165) is 48.1 Å². The molecule has 2 aromatic carbocycles. The molecule has 1 saturated carbocycles. The van der Waals surface area contributed by atoms with Crippen LogP contribution in [0.1, 0.15) is 36.2 Å². The number of non-ortho nitro benzene ring substituents is 1. The maximum absolute atomic E-state index is 12.8. The second-order valence-corrected chi connectivity index (χ2v) is 9.58. The Balaban J connectivity index is 1.18. The molecule has 9 heteroatoms. The number of nitro groups is 1. The van der Waals surface area contributed by atoms with Crippen LogP contribution in [0.25, 0.3) is 22.2 Å². The van der Waals surface area contributed by atoms with E-state index in [0.29, 0.717) is 11.3 Å². The van der Waals surface area contributed by atoms with Crippen molar-refractivity contribution in [2.75, 3.05) is 24.3 Å². The Morgan fingerprint density at radius 3 is 2.51 bits per heavy atom. The SMILES string of the molecule is CN(C)c1cc(N[C@H]2CC[C@@H](NC(=O)c3ccc(-c4cccc([N+](=O)[O-])c4)o3)CC2)nc2ccccc12. The van der Waals surface area contributed by atoms with Gasteiger partial charge in [0.25, 0.3) is 11.6 Å². The number of benzene rings is 2. The van der Waals surface area contributed by atoms with Crippen LogP contribution >= 0.6 is 0 Å². The first-order valence-corrected chi connectivity index (χ1v) is 12.4. The molecular formula is C28H29N5O4. The molecule has 190 valence electrons. The minimum Gasteiger partial charge on any atom is -0.451 e. The number of pyridine rings is 1. The number of rotatable bonds is 7. The molecule has 1 aliphatic carbocycles. The fourth-order valence-electron chi connectivity index (χ4n) is 4.84. The Morgan fingerprint density at radius 2 is 1.76 bits per heavy atom. The molecule has 9 nitrogen and oxygen atoms in total. The van der Waals surface area contributed by atoms with Gasteiger partial charge in [-0.2, -0.15) is 0 Å². The van der Waals surface area contributed by atoms with Crippen LogP contribution in [0.15, 0.2) is 71.1 Å². The van der Waals surface area contributed by atoms with Crippen LogP contribution < -0.4 is 15.5 Å². The quantitative estimate of drug-likeness (QED) is 0.250. The van der Waals surface area contributed by atoms with Crippen LogP contribution in [0, 0.1) is 10.1 Å². The number of nitrogens with one attached hydrogen (secondary N) is 2. The molecule has 0 atom stereocenters. The second-order valence-electron chi connectivity index (χ2n) is 9.58. The van der Waals surface area contributed by atoms with Gasteiger partial charge in [-0.05, 0) is 43.9 Å². The Hall–Kier alpha value is -4.40. The zero-order valence-electron chi connectivity index (χ0n) is 20.8. The Bertz CT molecular complexity index is 1440. The molecule has 2 N–H and O–H groups in total. The first kappa shape index (κ1) is 24.3. The Morgan fingerprint density at radius 1 is 1.00 bits per heavy atom. The van der Waals surface area contributed by atoms with Crippen molar-refractivity contribution in [3.8, 4) is 11.3 Å². The molecule has 0 unspecified atom stereocenters. The lowest BCUT2D eigenvalue weighted by atomic mass is 9.91. The number of carbonyl (C=O) groups excluding carboxylic acids is 1. The normalized spacial score (nSPS) is 17.4. The van der Waals surface area contributed by atoms with Gasteiger partial charge >= 0.3 is 0 Å². The van der Waals surface area contributed by atoms with Gasteiger partial charge in [-0.3, -0.25) is 14.9 Å². The van der Waals surface area contributed by atoms with E-state index in [1.807, 2.05) is 32.3 Å². The maximum atomic E-state index is 12.8. The molecule has 0 spiro atoms. The summed E-state index contributed by atoms with van der Waals surface area (Å²) in [7, 11) is 4.07. The van der Waals surface area contributed by atoms with E-state index in [1.165, 1.54) is 12.1 Å². The first-order valence-electron chi connectivity index (χ1n) is 12.4. The van der Waals surface area contributed by atoms with Gasteiger partial charge in [0.1, 0.15) is 11.6 Å². The van der Waals surface area contributed by atoms with E-state index in [4.69, 9.17) is 9.40 Å². The molecule has 0 aliphatic heterocycles. The van der Waals surface area contributed by atoms with Crippen LogP contribution in [-0.2, 0) is 0 Å². The van der Waals surface area contributed by atoms with Gasteiger partial charge in [-0.1, -0.05) is 30.3 Å². The highest BCUT2D eigenvalue weighted by molar-refractivity contribution is 5.93. The van der Waals surface area contributed by atoms with Gasteiger partial charge in [0, 0.05) is 61.0 Å². The fraction of sp³-hybridized carbons (Fsp3) is 0.286. The van der Waals surface area contributed by atoms with Crippen LogP contribution in [0.4, 0.5) is 17.2 Å². The summed E-state index contributed by atoms with van der Waals surface area (Å²) in [5, 5.41) is 18.8. The number of nitrogens with zero attached hydrogens (tertiary/aromatic N) is 3. The smallest absolute Gasteiger partial charge is 0.287 e. The molecule has 2 heterocycles. The number of para-hydroxylation sites is 1. The zero-order valence-corrected chi connectivity index (χ0v) is 20.8. The van der Waals surface area contributed by atoms with Gasteiger partial charge in [-0.15, -0.1) is 0 Å². The molecule has 4 aromatic rings. The van der Waals surface area contributed by atoms with E-state index in [1.54, 1.807) is 24.3 Å². The number of carbonyl (C=O) groups is 1. The summed E-state index contributed by atoms with van der Waals surface area (Å²) in [5.74, 6) is 1.19. The van der Waals surface area contributed by atoms with Crippen molar-refractivity contribution >= 4 is 34.0 Å². The molecular weight excluding hydrogens is 470 g/mol. The highest BCUT2D eigenvalue weighted by Gasteiger charge is 2.24. The second kappa shape index (κ2) is 10.3. The lowest BCUT2D eigenvalue weighted by Gasteiger charge is -2.30. The highest BCUT2D eigenvalue weighted by atomic mass is 16.6. The molecule has 0 saturated heterocycles. The topological polar surface area (TPSA) is 114 Å². The zero-order chi connectivity index (χ0) is 25.9. The standard InChI is InChI=1S/C28H29N5O4/c1-32(2)24-17-27(31-23-9-4-3-8-22(23)24)29-19-10-12-20(13-11-19)30-28(34)26-15-14-25(37-26)18-6-5-7-21(16-18)33(35)36/h3-9,14-17,19-20H,10-13H2,1-2H3,(H,29,31)(H,30,34)/t19-,20+. The summed E-state index contributed by atoms with van der Waals surface area (Å²) in [6, 6.07) is 20.0. The van der Waals surface area contributed by atoms with Crippen molar-refractivity contribution in [2.24, 2.45) is 0 Å². The van der Waals surface area contributed by atoms with Crippen molar-refractivity contribution in [3.63, 3.8) is 0 Å². The molecule has 0 radical (unpaired) electrons. The first-order chi connectivity index (χ1) is 17.9.